The second-order valence-corrected chi connectivity index (χ2v) is 2.71. The van der Waals surface area contributed by atoms with Gasteiger partial charge >= 0.3 is 12.0 Å². The van der Waals surface area contributed by atoms with Crippen molar-refractivity contribution >= 4 is 12.0 Å². The molecule has 1 rings (SSSR count). The van der Waals surface area contributed by atoms with E-state index >= 15 is 0 Å². The third-order valence-corrected chi connectivity index (χ3v) is 1.64. The lowest BCUT2D eigenvalue weighted by Crippen LogP contribution is -2.28. The molecular weight excluding hydrogens is 188 g/mol. The van der Waals surface area contributed by atoms with Crippen molar-refractivity contribution in [3.63, 3.8) is 0 Å². The predicted octanol–water partition coefficient (Wildman–Crippen LogP) is 0.455. The third kappa shape index (κ3) is 2.25. The fraction of sp³-hybridized carbons (Fsp3) is 0.250. The lowest BCUT2D eigenvalue weighted by Gasteiger charge is -1.95. The van der Waals surface area contributed by atoms with Crippen LogP contribution in [0.1, 0.15) is 21.9 Å². The maximum atomic E-state index is 10.6. The van der Waals surface area contributed by atoms with Gasteiger partial charge in [0.15, 0.2) is 0 Å². The van der Waals surface area contributed by atoms with Crippen LogP contribution >= 0.6 is 0 Å². The highest BCUT2D eigenvalue weighted by molar-refractivity contribution is 5.88. The Kier molecular flexibility index (Phi) is 2.76. The van der Waals surface area contributed by atoms with Crippen LogP contribution in [0.2, 0.25) is 0 Å². The highest BCUT2D eigenvalue weighted by Gasteiger charge is 2.13. The van der Waals surface area contributed by atoms with Gasteiger partial charge in [-0.1, -0.05) is 0 Å². The summed E-state index contributed by atoms with van der Waals surface area (Å²) < 4.78 is 5.08. The first-order valence-electron chi connectivity index (χ1n) is 3.86. The van der Waals surface area contributed by atoms with Crippen molar-refractivity contribution in [3.05, 3.63) is 23.2 Å². The Labute approximate surface area is 79.7 Å². The highest BCUT2D eigenvalue weighted by Crippen LogP contribution is 2.14. The number of rotatable bonds is 3. The quantitative estimate of drug-likeness (QED) is 0.655. The minimum Gasteiger partial charge on any atom is -0.478 e. The number of hydrogen-bond donors (Lipinski definition) is 3. The summed E-state index contributed by atoms with van der Waals surface area (Å²) in [5, 5.41) is 11.0. The monoisotopic (exact) mass is 198 g/mol. The minimum absolute atomic E-state index is 0.0868. The molecule has 1 heterocycles. The van der Waals surface area contributed by atoms with Crippen molar-refractivity contribution in [2.24, 2.45) is 5.73 Å². The van der Waals surface area contributed by atoms with Crippen LogP contribution in [0.15, 0.2) is 10.5 Å². The Morgan fingerprint density at radius 2 is 2.29 bits per heavy atom. The van der Waals surface area contributed by atoms with Gasteiger partial charge in [0.25, 0.3) is 0 Å². The number of carbonyl (C=O) groups is 2. The van der Waals surface area contributed by atoms with Gasteiger partial charge in [0.2, 0.25) is 0 Å². The molecule has 2 amide bonds. The molecule has 76 valence electrons. The minimum atomic E-state index is -1.06. The normalized spacial score (nSPS) is 9.79. The van der Waals surface area contributed by atoms with E-state index in [0.717, 1.165) is 0 Å². The summed E-state index contributed by atoms with van der Waals surface area (Å²) >= 11 is 0. The summed E-state index contributed by atoms with van der Waals surface area (Å²) in [6.45, 7) is 1.63. The smallest absolute Gasteiger partial charge is 0.339 e. The van der Waals surface area contributed by atoms with Gasteiger partial charge in [0, 0.05) is 0 Å². The summed E-state index contributed by atoms with van der Waals surface area (Å²) in [5.74, 6) is -0.394. The number of furan rings is 1. The molecule has 0 bridgehead atoms. The Balaban J connectivity index is 2.76. The van der Waals surface area contributed by atoms with Crippen LogP contribution in [-0.4, -0.2) is 17.1 Å². The van der Waals surface area contributed by atoms with Crippen molar-refractivity contribution in [1.29, 1.82) is 0 Å². The van der Waals surface area contributed by atoms with Crippen LogP contribution in [0.4, 0.5) is 4.79 Å². The molecule has 0 aliphatic rings. The molecule has 1 aromatic rings. The molecule has 0 unspecified atom stereocenters. The number of aryl methyl sites for hydroxylation is 1. The Morgan fingerprint density at radius 1 is 1.64 bits per heavy atom. The lowest BCUT2D eigenvalue weighted by atomic mass is 10.2. The number of urea groups is 1. The zero-order chi connectivity index (χ0) is 10.7. The number of nitrogens with two attached hydrogens (primary N) is 1. The molecule has 6 heteroatoms. The topological polar surface area (TPSA) is 106 Å². The van der Waals surface area contributed by atoms with Gasteiger partial charge in [-0.05, 0) is 13.0 Å². The first kappa shape index (κ1) is 10.1. The molecule has 0 aliphatic heterocycles. The number of nitrogens with one attached hydrogen (secondary N) is 1. The summed E-state index contributed by atoms with van der Waals surface area (Å²) in [6, 6.07) is 0.670. The molecule has 0 saturated carbocycles. The molecule has 4 N–H and O–H groups in total. The highest BCUT2D eigenvalue weighted by atomic mass is 16.4. The Bertz CT molecular complexity index is 369. The third-order valence-electron chi connectivity index (χ3n) is 1.64. The summed E-state index contributed by atoms with van der Waals surface area (Å²) in [6.07, 6.45) is 0. The number of carboxylic acid groups (broad SMARTS) is 1. The van der Waals surface area contributed by atoms with E-state index in [1.54, 1.807) is 0 Å². The number of amides is 2. The fourth-order valence-electron chi connectivity index (χ4n) is 1.02. The summed E-state index contributed by atoms with van der Waals surface area (Å²) in [7, 11) is 0. The van der Waals surface area contributed by atoms with Crippen LogP contribution < -0.4 is 11.1 Å². The molecule has 0 saturated heterocycles. The van der Waals surface area contributed by atoms with Crippen LogP contribution in [0, 0.1) is 6.92 Å². The van der Waals surface area contributed by atoms with Gasteiger partial charge in [-0.15, -0.1) is 0 Å². The average molecular weight is 198 g/mol. The van der Waals surface area contributed by atoms with Crippen molar-refractivity contribution < 1.29 is 19.1 Å². The molecule has 0 spiro atoms. The van der Waals surface area contributed by atoms with Crippen molar-refractivity contribution in [2.45, 2.75) is 13.5 Å². The van der Waals surface area contributed by atoms with E-state index in [2.05, 4.69) is 5.32 Å². The zero-order valence-electron chi connectivity index (χ0n) is 7.53. The first-order valence-corrected chi connectivity index (χ1v) is 3.86. The van der Waals surface area contributed by atoms with Crippen LogP contribution in [0.3, 0.4) is 0 Å². The van der Waals surface area contributed by atoms with Crippen molar-refractivity contribution in [3.8, 4) is 0 Å². The summed E-state index contributed by atoms with van der Waals surface area (Å²) in [4.78, 5) is 21.0. The molecule has 0 atom stereocenters. The average Bonchev–Trinajstić information content (AvgIpc) is 2.43. The van der Waals surface area contributed by atoms with E-state index in [0.29, 0.717) is 11.5 Å². The van der Waals surface area contributed by atoms with E-state index < -0.39 is 12.0 Å². The van der Waals surface area contributed by atoms with Gasteiger partial charge in [-0.3, -0.25) is 0 Å². The molecule has 0 radical (unpaired) electrons. The van der Waals surface area contributed by atoms with Crippen molar-refractivity contribution in [2.75, 3.05) is 0 Å². The molecule has 0 aromatic carbocycles. The number of carboxylic acids is 1. The maximum Gasteiger partial charge on any atom is 0.339 e. The molecule has 14 heavy (non-hydrogen) atoms. The van der Waals surface area contributed by atoms with Gasteiger partial charge in [0.05, 0.1) is 6.54 Å². The van der Waals surface area contributed by atoms with Gasteiger partial charge < -0.3 is 20.6 Å². The lowest BCUT2D eigenvalue weighted by molar-refractivity contribution is 0.0695. The number of hydrogen-bond acceptors (Lipinski definition) is 3. The number of carbonyl (C=O) groups excluding carboxylic acids is 1. The van der Waals surface area contributed by atoms with E-state index in [4.69, 9.17) is 15.3 Å². The largest absolute Gasteiger partial charge is 0.478 e. The Morgan fingerprint density at radius 3 is 2.71 bits per heavy atom. The molecule has 0 fully saturated rings. The second kappa shape index (κ2) is 3.82. The van der Waals surface area contributed by atoms with Gasteiger partial charge in [-0.25, -0.2) is 9.59 Å². The van der Waals surface area contributed by atoms with Gasteiger partial charge in [-0.2, -0.15) is 0 Å². The van der Waals surface area contributed by atoms with Crippen LogP contribution in [0.5, 0.6) is 0 Å². The van der Waals surface area contributed by atoms with E-state index in [1.165, 1.54) is 13.0 Å². The number of aromatic carboxylic acids is 1. The molecule has 6 nitrogen and oxygen atoms in total. The van der Waals surface area contributed by atoms with E-state index in [1.807, 2.05) is 0 Å². The number of primary amides is 1. The second-order valence-electron chi connectivity index (χ2n) is 2.71. The SMILES string of the molecule is Cc1oc(CNC(N)=O)cc1C(=O)O. The van der Waals surface area contributed by atoms with E-state index in [9.17, 15) is 9.59 Å². The van der Waals surface area contributed by atoms with Gasteiger partial charge in [0.1, 0.15) is 17.1 Å². The summed E-state index contributed by atoms with van der Waals surface area (Å²) in [5.41, 5.74) is 4.93. The Hall–Kier alpha value is -1.98. The van der Waals surface area contributed by atoms with Crippen LogP contribution in [-0.2, 0) is 6.54 Å². The molecule has 1 aromatic heterocycles. The first-order chi connectivity index (χ1) is 6.50. The predicted molar refractivity (Wildman–Crippen MR) is 46.8 cm³/mol. The van der Waals surface area contributed by atoms with E-state index in [-0.39, 0.29) is 12.1 Å². The van der Waals surface area contributed by atoms with Crippen molar-refractivity contribution in [1.82, 2.24) is 5.32 Å². The van der Waals surface area contributed by atoms with Crippen LogP contribution in [0.25, 0.3) is 0 Å². The maximum absolute atomic E-state index is 10.6. The fourth-order valence-corrected chi connectivity index (χ4v) is 1.02. The molecular formula is C8H10N2O4. The standard InChI is InChI=1S/C8H10N2O4/c1-4-6(7(11)12)2-5(14-4)3-10-8(9)13/h2H,3H2,1H3,(H,11,12)(H3,9,10,13). The molecule has 0 aliphatic carbocycles. The zero-order valence-corrected chi connectivity index (χ0v) is 7.53.